The van der Waals surface area contributed by atoms with Gasteiger partial charge in [-0.3, -0.25) is 14.9 Å². The maximum Gasteiger partial charge on any atom is 0.415 e. The molecular weight excluding hydrogens is 267 g/mol. The Hall–Kier alpha value is -2.16. The maximum absolute atomic E-state index is 12.5. The molecule has 0 saturated carbocycles. The Labute approximate surface area is 105 Å². The number of anilines is 1. The van der Waals surface area contributed by atoms with E-state index in [0.29, 0.717) is 6.92 Å². The van der Waals surface area contributed by atoms with E-state index in [-0.39, 0.29) is 11.4 Å². The van der Waals surface area contributed by atoms with Crippen LogP contribution < -0.4 is 11.1 Å². The molecule has 1 rings (SSSR count). The van der Waals surface area contributed by atoms with Gasteiger partial charge < -0.3 is 11.1 Å². The number of hydrogen-bond donors (Lipinski definition) is 2. The van der Waals surface area contributed by atoms with Crippen molar-refractivity contribution >= 4 is 17.3 Å². The number of carbonyl (C=O) groups is 1. The second-order valence-corrected chi connectivity index (χ2v) is 3.96. The second kappa shape index (κ2) is 4.84. The van der Waals surface area contributed by atoms with Crippen molar-refractivity contribution in [3.05, 3.63) is 34.4 Å². The smallest absolute Gasteiger partial charge is 0.324 e. The number of nitrogens with one attached hydrogen (secondary N) is 1. The summed E-state index contributed by atoms with van der Waals surface area (Å²) in [5.74, 6) is -1.50. The van der Waals surface area contributed by atoms with Crippen molar-refractivity contribution in [3.8, 4) is 0 Å². The van der Waals surface area contributed by atoms with Crippen LogP contribution >= 0.6 is 0 Å². The molecule has 9 heteroatoms. The van der Waals surface area contributed by atoms with Crippen LogP contribution in [-0.4, -0.2) is 22.5 Å². The third-order valence-corrected chi connectivity index (χ3v) is 2.38. The van der Waals surface area contributed by atoms with Crippen molar-refractivity contribution in [2.24, 2.45) is 5.73 Å². The number of carbonyl (C=O) groups excluding carboxylic acids is 1. The van der Waals surface area contributed by atoms with Gasteiger partial charge >= 0.3 is 6.18 Å². The lowest BCUT2D eigenvalue weighted by Crippen LogP contribution is -2.59. The van der Waals surface area contributed by atoms with Gasteiger partial charge in [-0.05, 0) is 13.0 Å². The summed E-state index contributed by atoms with van der Waals surface area (Å²) in [4.78, 5) is 21.2. The molecule has 1 aromatic rings. The van der Waals surface area contributed by atoms with Crippen LogP contribution in [0.25, 0.3) is 0 Å². The van der Waals surface area contributed by atoms with E-state index in [0.717, 1.165) is 12.1 Å². The first-order valence-corrected chi connectivity index (χ1v) is 4.97. The van der Waals surface area contributed by atoms with E-state index in [4.69, 9.17) is 5.73 Å². The van der Waals surface area contributed by atoms with Gasteiger partial charge in [-0.2, -0.15) is 13.2 Å². The van der Waals surface area contributed by atoms with Gasteiger partial charge in [-0.1, -0.05) is 6.07 Å². The minimum absolute atomic E-state index is 0.139. The number of amides is 1. The third-order valence-electron chi connectivity index (χ3n) is 2.38. The van der Waals surface area contributed by atoms with E-state index in [1.807, 2.05) is 5.32 Å². The van der Waals surface area contributed by atoms with Gasteiger partial charge in [-0.25, -0.2) is 0 Å². The van der Waals surface area contributed by atoms with Crippen molar-refractivity contribution in [2.45, 2.75) is 18.6 Å². The minimum Gasteiger partial charge on any atom is -0.324 e. The number of nitro groups is 1. The summed E-state index contributed by atoms with van der Waals surface area (Å²) in [5, 5.41) is 12.4. The lowest BCUT2D eigenvalue weighted by atomic mass is 10.0. The molecule has 0 aliphatic rings. The number of nitrogens with two attached hydrogens (primary N) is 1. The highest BCUT2D eigenvalue weighted by Crippen LogP contribution is 2.29. The fourth-order valence-corrected chi connectivity index (χ4v) is 1.09. The number of benzene rings is 1. The van der Waals surface area contributed by atoms with Crippen LogP contribution in [0.5, 0.6) is 0 Å². The van der Waals surface area contributed by atoms with Gasteiger partial charge in [0.2, 0.25) is 0 Å². The fourth-order valence-electron chi connectivity index (χ4n) is 1.09. The Morgan fingerprint density at radius 3 is 2.47 bits per heavy atom. The first-order valence-electron chi connectivity index (χ1n) is 4.97. The van der Waals surface area contributed by atoms with E-state index in [9.17, 15) is 28.1 Å². The highest BCUT2D eigenvalue weighted by Gasteiger charge is 2.53. The van der Waals surface area contributed by atoms with E-state index < -0.39 is 22.5 Å². The second-order valence-electron chi connectivity index (χ2n) is 3.96. The van der Waals surface area contributed by atoms with Crippen LogP contribution in [0.3, 0.4) is 0 Å². The average molecular weight is 277 g/mol. The summed E-state index contributed by atoms with van der Waals surface area (Å²) in [6.07, 6.45) is -4.93. The number of alkyl halides is 3. The van der Waals surface area contributed by atoms with Crippen LogP contribution in [0.4, 0.5) is 24.5 Å². The molecule has 0 aliphatic carbocycles. The van der Waals surface area contributed by atoms with Gasteiger partial charge in [0, 0.05) is 17.8 Å². The molecule has 0 spiro atoms. The van der Waals surface area contributed by atoms with E-state index >= 15 is 0 Å². The van der Waals surface area contributed by atoms with Gasteiger partial charge in [-0.15, -0.1) is 0 Å². The monoisotopic (exact) mass is 277 g/mol. The van der Waals surface area contributed by atoms with Crippen LogP contribution in [0.2, 0.25) is 0 Å². The zero-order chi connectivity index (χ0) is 14.8. The molecule has 0 radical (unpaired) electrons. The zero-order valence-electron chi connectivity index (χ0n) is 9.69. The lowest BCUT2D eigenvalue weighted by Gasteiger charge is -2.26. The Morgan fingerprint density at radius 2 is 2.00 bits per heavy atom. The number of nitro benzene ring substituents is 1. The quantitative estimate of drug-likeness (QED) is 0.650. The Bertz CT molecular complexity index is 514. The normalized spacial score (nSPS) is 14.6. The molecule has 0 heterocycles. The average Bonchev–Trinajstić information content (AvgIpc) is 2.27. The van der Waals surface area contributed by atoms with Gasteiger partial charge in [0.15, 0.2) is 5.54 Å². The highest BCUT2D eigenvalue weighted by molar-refractivity contribution is 5.98. The number of rotatable bonds is 3. The van der Waals surface area contributed by atoms with E-state index in [1.54, 1.807) is 0 Å². The maximum atomic E-state index is 12.5. The zero-order valence-corrected chi connectivity index (χ0v) is 9.69. The van der Waals surface area contributed by atoms with Crippen molar-refractivity contribution in [2.75, 3.05) is 5.32 Å². The van der Waals surface area contributed by atoms with Crippen LogP contribution in [-0.2, 0) is 4.79 Å². The minimum atomic E-state index is -4.93. The molecule has 6 nitrogen and oxygen atoms in total. The molecular formula is C10H10F3N3O3. The summed E-state index contributed by atoms with van der Waals surface area (Å²) >= 11 is 0. The van der Waals surface area contributed by atoms with Crippen molar-refractivity contribution in [3.63, 3.8) is 0 Å². The molecule has 0 bridgehead atoms. The molecule has 0 saturated heterocycles. The topological polar surface area (TPSA) is 98.3 Å². The van der Waals surface area contributed by atoms with Crippen molar-refractivity contribution < 1.29 is 22.9 Å². The third kappa shape index (κ3) is 3.19. The standard InChI is InChI=1S/C10H10F3N3O3/c1-9(14,10(11,12)13)8(17)15-6-3-2-4-7(5-6)16(18)19/h2-5H,14H2,1H3,(H,15,17). The Kier molecular flexibility index (Phi) is 3.80. The van der Waals surface area contributed by atoms with Crippen molar-refractivity contribution in [1.29, 1.82) is 0 Å². The summed E-state index contributed by atoms with van der Waals surface area (Å²) in [6, 6.07) is 4.53. The van der Waals surface area contributed by atoms with E-state index in [2.05, 4.69) is 0 Å². The molecule has 104 valence electrons. The molecule has 0 fully saturated rings. The largest absolute Gasteiger partial charge is 0.415 e. The molecule has 1 atom stereocenters. The lowest BCUT2D eigenvalue weighted by molar-refractivity contribution is -0.384. The SMILES string of the molecule is CC(N)(C(=O)Nc1cccc([N+](=O)[O-])c1)C(F)(F)F. The van der Waals surface area contributed by atoms with Gasteiger partial charge in [0.1, 0.15) is 0 Å². The molecule has 0 aliphatic heterocycles. The molecule has 1 aromatic carbocycles. The molecule has 19 heavy (non-hydrogen) atoms. The summed E-state index contributed by atoms with van der Waals surface area (Å²) in [7, 11) is 0. The van der Waals surface area contributed by atoms with Gasteiger partial charge in [0.05, 0.1) is 4.92 Å². The predicted octanol–water partition coefficient (Wildman–Crippen LogP) is 1.81. The van der Waals surface area contributed by atoms with Gasteiger partial charge in [0.25, 0.3) is 11.6 Å². The first-order chi connectivity index (χ1) is 8.55. The molecule has 1 unspecified atom stereocenters. The van der Waals surface area contributed by atoms with Crippen LogP contribution in [0, 0.1) is 10.1 Å². The predicted molar refractivity (Wildman–Crippen MR) is 60.4 cm³/mol. The molecule has 1 amide bonds. The first kappa shape index (κ1) is 14.9. The molecule has 3 N–H and O–H groups in total. The van der Waals surface area contributed by atoms with E-state index in [1.165, 1.54) is 12.1 Å². The number of hydrogen-bond acceptors (Lipinski definition) is 4. The number of nitrogens with zero attached hydrogens (tertiary/aromatic N) is 1. The Balaban J connectivity index is 2.95. The summed E-state index contributed by atoms with van der Waals surface area (Å²) in [6.45, 7) is 0.514. The van der Waals surface area contributed by atoms with Crippen LogP contribution in [0.15, 0.2) is 24.3 Å². The number of halogens is 3. The van der Waals surface area contributed by atoms with Crippen LogP contribution in [0.1, 0.15) is 6.92 Å². The summed E-state index contributed by atoms with van der Waals surface area (Å²) in [5.41, 5.74) is 1.33. The number of non-ortho nitro benzene ring substituents is 1. The Morgan fingerprint density at radius 1 is 1.42 bits per heavy atom. The van der Waals surface area contributed by atoms with Crippen molar-refractivity contribution in [1.82, 2.24) is 0 Å². The fraction of sp³-hybridized carbons (Fsp3) is 0.300. The highest BCUT2D eigenvalue weighted by atomic mass is 19.4. The molecule has 0 aromatic heterocycles. The summed E-state index contributed by atoms with van der Waals surface area (Å²) < 4.78 is 37.5.